The molecule has 2 nitrogen and oxygen atoms in total. The van der Waals surface area contributed by atoms with Crippen LogP contribution in [0.15, 0.2) is 24.3 Å². The minimum Gasteiger partial charge on any atom is -0.490 e. The summed E-state index contributed by atoms with van der Waals surface area (Å²) < 4.78 is 6.17. The molecule has 1 aliphatic carbocycles. The lowest BCUT2D eigenvalue weighted by Gasteiger charge is -2.31. The van der Waals surface area contributed by atoms with E-state index in [9.17, 15) is 4.79 Å². The van der Waals surface area contributed by atoms with Gasteiger partial charge in [0.15, 0.2) is 0 Å². The van der Waals surface area contributed by atoms with Gasteiger partial charge in [-0.2, -0.15) is 0 Å². The summed E-state index contributed by atoms with van der Waals surface area (Å²) in [4.78, 5) is 11.0. The van der Waals surface area contributed by atoms with Gasteiger partial charge in [-0.15, -0.1) is 0 Å². The van der Waals surface area contributed by atoms with E-state index in [4.69, 9.17) is 4.74 Å². The largest absolute Gasteiger partial charge is 0.490 e. The van der Waals surface area contributed by atoms with Crippen molar-refractivity contribution < 1.29 is 9.53 Å². The van der Waals surface area contributed by atoms with Crippen molar-refractivity contribution in [1.82, 2.24) is 0 Å². The van der Waals surface area contributed by atoms with Gasteiger partial charge in [-0.25, -0.2) is 0 Å². The maximum Gasteiger partial charge on any atom is 0.130 e. The van der Waals surface area contributed by atoms with Crippen LogP contribution >= 0.6 is 0 Å². The molecule has 0 radical (unpaired) electrons. The molecule has 0 aromatic heterocycles. The Labute approximate surface area is 122 Å². The van der Waals surface area contributed by atoms with E-state index in [0.29, 0.717) is 18.4 Å². The molecular weight excluding hydrogens is 248 g/mol. The van der Waals surface area contributed by atoms with Gasteiger partial charge < -0.3 is 9.53 Å². The molecule has 2 heteroatoms. The standard InChI is InChI=1S/C18H26O2/c1-3-16-6-4-5-7-18(16)20-17-12-10-15(11-13-17)9-8-14(2)19/h10-13,16,18H,3-9H2,1-2H3. The monoisotopic (exact) mass is 274 g/mol. The molecule has 2 unspecified atom stereocenters. The average Bonchev–Trinajstić information content (AvgIpc) is 2.47. The van der Waals surface area contributed by atoms with Crippen LogP contribution in [0.1, 0.15) is 57.9 Å². The van der Waals surface area contributed by atoms with E-state index in [1.165, 1.54) is 37.7 Å². The Morgan fingerprint density at radius 3 is 2.55 bits per heavy atom. The van der Waals surface area contributed by atoms with E-state index in [-0.39, 0.29) is 5.78 Å². The van der Waals surface area contributed by atoms with E-state index in [1.807, 2.05) is 0 Å². The number of ether oxygens (including phenoxy) is 1. The topological polar surface area (TPSA) is 26.3 Å². The number of rotatable bonds is 6. The van der Waals surface area contributed by atoms with Crippen molar-refractivity contribution in [2.45, 2.75) is 64.9 Å². The van der Waals surface area contributed by atoms with Crippen molar-refractivity contribution in [3.63, 3.8) is 0 Å². The van der Waals surface area contributed by atoms with Crippen molar-refractivity contribution in [3.05, 3.63) is 29.8 Å². The van der Waals surface area contributed by atoms with Crippen molar-refractivity contribution in [1.29, 1.82) is 0 Å². The highest BCUT2D eigenvalue weighted by Crippen LogP contribution is 2.30. The molecule has 0 N–H and O–H groups in total. The SMILES string of the molecule is CCC1CCCCC1Oc1ccc(CCC(C)=O)cc1. The first-order valence-corrected chi connectivity index (χ1v) is 7.94. The maximum absolute atomic E-state index is 11.0. The third-order valence-corrected chi connectivity index (χ3v) is 4.34. The van der Waals surface area contributed by atoms with Crippen molar-refractivity contribution >= 4 is 5.78 Å². The summed E-state index contributed by atoms with van der Waals surface area (Å²) in [7, 11) is 0. The van der Waals surface area contributed by atoms with Crippen LogP contribution in [0.3, 0.4) is 0 Å². The molecule has 1 aromatic carbocycles. The summed E-state index contributed by atoms with van der Waals surface area (Å²) in [5.74, 6) is 1.93. The Kier molecular flexibility index (Phi) is 5.63. The smallest absolute Gasteiger partial charge is 0.130 e. The number of carbonyl (C=O) groups excluding carboxylic acids is 1. The first-order chi connectivity index (χ1) is 9.69. The van der Waals surface area contributed by atoms with Gasteiger partial charge in [-0.1, -0.05) is 25.5 Å². The summed E-state index contributed by atoms with van der Waals surface area (Å²) in [6, 6.07) is 8.28. The Balaban J connectivity index is 1.90. The van der Waals surface area contributed by atoms with Gasteiger partial charge in [-0.05, 0) is 62.6 Å². The predicted octanol–water partition coefficient (Wildman–Crippen LogP) is 4.56. The molecule has 20 heavy (non-hydrogen) atoms. The highest BCUT2D eigenvalue weighted by Gasteiger charge is 2.25. The van der Waals surface area contributed by atoms with Crippen LogP contribution in [0, 0.1) is 5.92 Å². The minimum absolute atomic E-state index is 0.248. The quantitative estimate of drug-likeness (QED) is 0.760. The molecule has 0 aliphatic heterocycles. The van der Waals surface area contributed by atoms with Crippen LogP contribution in [-0.4, -0.2) is 11.9 Å². The fourth-order valence-corrected chi connectivity index (χ4v) is 3.03. The van der Waals surface area contributed by atoms with Gasteiger partial charge in [0.2, 0.25) is 0 Å². The van der Waals surface area contributed by atoms with Crippen molar-refractivity contribution in [2.24, 2.45) is 5.92 Å². The molecule has 2 rings (SSSR count). The van der Waals surface area contributed by atoms with Gasteiger partial charge >= 0.3 is 0 Å². The van der Waals surface area contributed by atoms with Gasteiger partial charge in [0.05, 0.1) is 0 Å². The maximum atomic E-state index is 11.0. The summed E-state index contributed by atoms with van der Waals surface area (Å²) in [6.45, 7) is 3.91. The molecule has 1 aromatic rings. The van der Waals surface area contributed by atoms with Gasteiger partial charge in [-0.3, -0.25) is 0 Å². The van der Waals surface area contributed by atoms with Crippen LogP contribution in [0.2, 0.25) is 0 Å². The number of hydrogen-bond donors (Lipinski definition) is 0. The molecular formula is C18H26O2. The van der Waals surface area contributed by atoms with E-state index in [1.54, 1.807) is 6.92 Å². The van der Waals surface area contributed by atoms with Crippen LogP contribution in [0.4, 0.5) is 0 Å². The van der Waals surface area contributed by atoms with Gasteiger partial charge in [0, 0.05) is 6.42 Å². The second-order valence-electron chi connectivity index (χ2n) is 5.96. The summed E-state index contributed by atoms with van der Waals surface area (Å²) in [5, 5.41) is 0. The fraction of sp³-hybridized carbons (Fsp3) is 0.611. The zero-order chi connectivity index (χ0) is 14.4. The first-order valence-electron chi connectivity index (χ1n) is 7.94. The Morgan fingerprint density at radius 1 is 1.20 bits per heavy atom. The highest BCUT2D eigenvalue weighted by atomic mass is 16.5. The second kappa shape index (κ2) is 7.47. The highest BCUT2D eigenvalue weighted by molar-refractivity contribution is 5.75. The van der Waals surface area contributed by atoms with Crippen LogP contribution < -0.4 is 4.74 Å². The molecule has 0 amide bonds. The number of Topliss-reactive ketones (excluding diaryl/α,β-unsaturated/α-hetero) is 1. The van der Waals surface area contributed by atoms with E-state index >= 15 is 0 Å². The number of ketones is 1. The molecule has 0 bridgehead atoms. The molecule has 1 aliphatic rings. The number of carbonyl (C=O) groups is 1. The van der Waals surface area contributed by atoms with Crippen LogP contribution in [-0.2, 0) is 11.2 Å². The predicted molar refractivity (Wildman–Crippen MR) is 82.1 cm³/mol. The Bertz CT molecular complexity index is 422. The van der Waals surface area contributed by atoms with E-state index in [0.717, 1.165) is 12.2 Å². The minimum atomic E-state index is 0.248. The second-order valence-corrected chi connectivity index (χ2v) is 5.96. The number of hydrogen-bond acceptors (Lipinski definition) is 2. The zero-order valence-corrected chi connectivity index (χ0v) is 12.7. The molecule has 0 heterocycles. The lowest BCUT2D eigenvalue weighted by molar-refractivity contribution is -0.116. The molecule has 0 saturated heterocycles. The molecule has 0 spiro atoms. The molecule has 2 atom stereocenters. The van der Waals surface area contributed by atoms with Crippen LogP contribution in [0.25, 0.3) is 0 Å². The molecule has 1 fully saturated rings. The van der Waals surface area contributed by atoms with Crippen molar-refractivity contribution in [2.75, 3.05) is 0 Å². The zero-order valence-electron chi connectivity index (χ0n) is 12.7. The summed E-state index contributed by atoms with van der Waals surface area (Å²) in [5.41, 5.74) is 1.21. The summed E-state index contributed by atoms with van der Waals surface area (Å²) in [6.07, 6.45) is 8.18. The summed E-state index contributed by atoms with van der Waals surface area (Å²) >= 11 is 0. The fourth-order valence-electron chi connectivity index (χ4n) is 3.03. The first kappa shape index (κ1) is 15.1. The van der Waals surface area contributed by atoms with Crippen molar-refractivity contribution in [3.8, 4) is 5.75 Å². The lowest BCUT2D eigenvalue weighted by Crippen LogP contribution is -2.29. The van der Waals surface area contributed by atoms with E-state index in [2.05, 4.69) is 31.2 Å². The number of benzene rings is 1. The Morgan fingerprint density at radius 2 is 1.90 bits per heavy atom. The Hall–Kier alpha value is -1.31. The van der Waals surface area contributed by atoms with E-state index < -0.39 is 0 Å². The third-order valence-electron chi connectivity index (χ3n) is 4.34. The molecule has 1 saturated carbocycles. The van der Waals surface area contributed by atoms with Gasteiger partial charge in [0.1, 0.15) is 17.6 Å². The lowest BCUT2D eigenvalue weighted by atomic mass is 9.85. The van der Waals surface area contributed by atoms with Gasteiger partial charge in [0.25, 0.3) is 0 Å². The normalized spacial score (nSPS) is 22.5. The molecule has 110 valence electrons. The van der Waals surface area contributed by atoms with Crippen LogP contribution in [0.5, 0.6) is 5.75 Å². The third kappa shape index (κ3) is 4.36. The average molecular weight is 274 g/mol. The number of aryl methyl sites for hydroxylation is 1.